The highest BCUT2D eigenvalue weighted by Gasteiger charge is 2.16. The highest BCUT2D eigenvalue weighted by Crippen LogP contribution is 2.24. The maximum Gasteiger partial charge on any atom is 0.262 e. The molecule has 0 amide bonds. The van der Waals surface area contributed by atoms with Gasteiger partial charge in [0.2, 0.25) is 0 Å². The summed E-state index contributed by atoms with van der Waals surface area (Å²) in [4.78, 5) is 17.5. The minimum Gasteiger partial charge on any atom is -0.377 e. The van der Waals surface area contributed by atoms with Crippen LogP contribution in [0.5, 0.6) is 0 Å². The van der Waals surface area contributed by atoms with Gasteiger partial charge in [-0.2, -0.15) is 0 Å². The molecule has 1 fully saturated rings. The Kier molecular flexibility index (Phi) is 3.91. The van der Waals surface area contributed by atoms with Gasteiger partial charge in [-0.15, -0.1) is 11.3 Å². The fraction of sp³-hybridized carbons (Fsp3) is 0.538. The van der Waals surface area contributed by atoms with E-state index in [1.54, 1.807) is 23.4 Å². The molecule has 0 aromatic carbocycles. The van der Waals surface area contributed by atoms with Crippen molar-refractivity contribution in [3.05, 3.63) is 21.8 Å². The van der Waals surface area contributed by atoms with Gasteiger partial charge in [0.05, 0.1) is 11.5 Å². The smallest absolute Gasteiger partial charge is 0.262 e. The van der Waals surface area contributed by atoms with E-state index in [0.29, 0.717) is 11.5 Å². The predicted molar refractivity (Wildman–Crippen MR) is 79.2 cm³/mol. The van der Waals surface area contributed by atoms with Gasteiger partial charge in [0.1, 0.15) is 4.83 Å². The van der Waals surface area contributed by atoms with Crippen LogP contribution in [-0.2, 0) is 11.8 Å². The van der Waals surface area contributed by atoms with Gasteiger partial charge in [-0.25, -0.2) is 4.98 Å². The van der Waals surface area contributed by atoms with Crippen LogP contribution in [0.1, 0.15) is 19.3 Å². The lowest BCUT2D eigenvalue weighted by molar-refractivity contribution is 0.0315. The number of nitrogens with zero attached hydrogens (tertiary/aromatic N) is 2. The molecule has 0 saturated carbocycles. The molecule has 3 rings (SSSR count). The van der Waals surface area contributed by atoms with Gasteiger partial charge >= 0.3 is 0 Å². The van der Waals surface area contributed by atoms with Gasteiger partial charge < -0.3 is 4.74 Å². The molecular weight excluding hydrogens is 280 g/mol. The monoisotopic (exact) mass is 296 g/mol. The van der Waals surface area contributed by atoms with Crippen molar-refractivity contribution in [2.75, 3.05) is 12.4 Å². The Hall–Kier alpha value is -0.850. The first kappa shape index (κ1) is 13.1. The first-order valence-electron chi connectivity index (χ1n) is 6.44. The van der Waals surface area contributed by atoms with E-state index >= 15 is 0 Å². The third-order valence-electron chi connectivity index (χ3n) is 3.34. The largest absolute Gasteiger partial charge is 0.377 e. The Labute approximate surface area is 119 Å². The van der Waals surface area contributed by atoms with E-state index in [4.69, 9.17) is 4.74 Å². The number of thioether (sulfide) groups is 1. The van der Waals surface area contributed by atoms with Gasteiger partial charge in [-0.1, -0.05) is 11.8 Å². The minimum atomic E-state index is 0.0401. The molecule has 3 heterocycles. The summed E-state index contributed by atoms with van der Waals surface area (Å²) in [5.74, 6) is 0.872. The van der Waals surface area contributed by atoms with E-state index in [0.717, 1.165) is 28.8 Å². The lowest BCUT2D eigenvalue weighted by atomic mass is 10.1. The van der Waals surface area contributed by atoms with Crippen LogP contribution in [0.25, 0.3) is 10.2 Å². The number of rotatable bonds is 3. The van der Waals surface area contributed by atoms with Crippen molar-refractivity contribution in [2.45, 2.75) is 30.5 Å². The number of hydrogen-bond acceptors (Lipinski definition) is 5. The van der Waals surface area contributed by atoms with Crippen molar-refractivity contribution < 1.29 is 4.74 Å². The van der Waals surface area contributed by atoms with Crippen molar-refractivity contribution in [1.82, 2.24) is 9.55 Å². The Morgan fingerprint density at radius 3 is 3.26 bits per heavy atom. The lowest BCUT2D eigenvalue weighted by Gasteiger charge is -2.22. The zero-order valence-corrected chi connectivity index (χ0v) is 12.4. The molecule has 0 radical (unpaired) electrons. The molecule has 1 aliphatic rings. The third-order valence-corrected chi connectivity index (χ3v) is 5.30. The summed E-state index contributed by atoms with van der Waals surface area (Å²) in [5, 5.41) is 3.41. The van der Waals surface area contributed by atoms with Gasteiger partial charge in [-0.3, -0.25) is 9.36 Å². The van der Waals surface area contributed by atoms with E-state index in [1.807, 2.05) is 11.4 Å². The number of hydrogen-bond donors (Lipinski definition) is 0. The molecule has 1 saturated heterocycles. The highest BCUT2D eigenvalue weighted by molar-refractivity contribution is 7.99. The van der Waals surface area contributed by atoms with Crippen LogP contribution in [0.3, 0.4) is 0 Å². The normalized spacial score (nSPS) is 19.9. The quantitative estimate of drug-likeness (QED) is 0.645. The van der Waals surface area contributed by atoms with Gasteiger partial charge in [0, 0.05) is 19.4 Å². The maximum atomic E-state index is 12.1. The van der Waals surface area contributed by atoms with E-state index in [2.05, 4.69) is 4.98 Å². The van der Waals surface area contributed by atoms with Crippen LogP contribution in [0, 0.1) is 0 Å². The molecule has 0 N–H and O–H groups in total. The molecule has 1 atom stereocenters. The Morgan fingerprint density at radius 1 is 1.58 bits per heavy atom. The van der Waals surface area contributed by atoms with Crippen LogP contribution < -0.4 is 5.56 Å². The van der Waals surface area contributed by atoms with Crippen molar-refractivity contribution in [3.8, 4) is 0 Å². The molecule has 0 spiro atoms. The zero-order chi connectivity index (χ0) is 13.2. The van der Waals surface area contributed by atoms with Crippen molar-refractivity contribution in [1.29, 1.82) is 0 Å². The second kappa shape index (κ2) is 5.64. The first-order valence-corrected chi connectivity index (χ1v) is 8.31. The standard InChI is InChI=1S/C13H16N2O2S2/c1-15-12(16)10-5-7-18-11(10)14-13(15)19-8-9-4-2-3-6-17-9/h5,7,9H,2-4,6,8H2,1H3. The molecule has 19 heavy (non-hydrogen) atoms. The molecule has 102 valence electrons. The number of ether oxygens (including phenoxy) is 1. The number of thiophene rings is 1. The van der Waals surface area contributed by atoms with Gasteiger partial charge in [0.15, 0.2) is 5.16 Å². The van der Waals surface area contributed by atoms with E-state index in [9.17, 15) is 4.79 Å². The minimum absolute atomic E-state index is 0.0401. The molecule has 2 aromatic rings. The Balaban J connectivity index is 1.80. The summed E-state index contributed by atoms with van der Waals surface area (Å²) in [6.07, 6.45) is 3.82. The number of fused-ring (bicyclic) bond motifs is 1. The van der Waals surface area contributed by atoms with Crippen molar-refractivity contribution in [2.24, 2.45) is 7.05 Å². The summed E-state index contributed by atoms with van der Waals surface area (Å²) in [6.45, 7) is 0.863. The molecule has 0 bridgehead atoms. The van der Waals surface area contributed by atoms with Crippen LogP contribution in [-0.4, -0.2) is 28.0 Å². The highest BCUT2D eigenvalue weighted by atomic mass is 32.2. The molecule has 4 nitrogen and oxygen atoms in total. The summed E-state index contributed by atoms with van der Waals surface area (Å²) < 4.78 is 7.35. The topological polar surface area (TPSA) is 44.1 Å². The molecule has 0 aliphatic carbocycles. The van der Waals surface area contributed by atoms with Gasteiger partial charge in [-0.05, 0) is 30.7 Å². The van der Waals surface area contributed by atoms with Crippen LogP contribution in [0.2, 0.25) is 0 Å². The maximum absolute atomic E-state index is 12.1. The third kappa shape index (κ3) is 2.70. The molecular formula is C13H16N2O2S2. The molecule has 1 unspecified atom stereocenters. The molecule has 1 aliphatic heterocycles. The second-order valence-corrected chi connectivity index (χ2v) is 6.58. The Bertz CT molecular complexity index is 629. The average Bonchev–Trinajstić information content (AvgIpc) is 2.91. The van der Waals surface area contributed by atoms with E-state index < -0.39 is 0 Å². The SMILES string of the molecule is Cn1c(SCC2CCCCO2)nc2sccc2c1=O. The fourth-order valence-electron chi connectivity index (χ4n) is 2.22. The van der Waals surface area contributed by atoms with Gasteiger partial charge in [0.25, 0.3) is 5.56 Å². The summed E-state index contributed by atoms with van der Waals surface area (Å²) in [6, 6.07) is 1.84. The van der Waals surface area contributed by atoms with Crippen molar-refractivity contribution in [3.63, 3.8) is 0 Å². The summed E-state index contributed by atoms with van der Waals surface area (Å²) in [5.41, 5.74) is 0.0401. The van der Waals surface area contributed by atoms with Crippen LogP contribution >= 0.6 is 23.1 Å². The van der Waals surface area contributed by atoms with Crippen LogP contribution in [0.4, 0.5) is 0 Å². The van der Waals surface area contributed by atoms with Crippen molar-refractivity contribution >= 4 is 33.3 Å². The predicted octanol–water partition coefficient (Wildman–Crippen LogP) is 2.66. The Morgan fingerprint density at radius 2 is 2.47 bits per heavy atom. The van der Waals surface area contributed by atoms with E-state index in [-0.39, 0.29) is 5.56 Å². The molecule has 2 aromatic heterocycles. The second-order valence-electron chi connectivity index (χ2n) is 4.70. The molecule has 6 heteroatoms. The van der Waals surface area contributed by atoms with Crippen LogP contribution in [0.15, 0.2) is 21.4 Å². The summed E-state index contributed by atoms with van der Waals surface area (Å²) in [7, 11) is 1.79. The summed E-state index contributed by atoms with van der Waals surface area (Å²) >= 11 is 3.14. The van der Waals surface area contributed by atoms with E-state index in [1.165, 1.54) is 24.2 Å². The zero-order valence-electron chi connectivity index (χ0n) is 10.8. The number of aromatic nitrogens is 2. The first-order chi connectivity index (χ1) is 9.25. The average molecular weight is 296 g/mol. The fourth-order valence-corrected chi connectivity index (χ4v) is 4.06. The lowest BCUT2D eigenvalue weighted by Crippen LogP contribution is -2.23.